The summed E-state index contributed by atoms with van der Waals surface area (Å²) >= 11 is 1.62. The molecule has 2 atom stereocenters. The molecule has 0 bridgehead atoms. The molecule has 1 aliphatic heterocycles. The lowest BCUT2D eigenvalue weighted by Crippen LogP contribution is -2.28. The van der Waals surface area contributed by atoms with Gasteiger partial charge in [-0.1, -0.05) is 12.8 Å². The first-order valence-corrected chi connectivity index (χ1v) is 9.10. The lowest BCUT2D eigenvalue weighted by atomic mass is 9.82. The van der Waals surface area contributed by atoms with E-state index < -0.39 is 0 Å². The summed E-state index contributed by atoms with van der Waals surface area (Å²) in [4.78, 5) is 12.7. The van der Waals surface area contributed by atoms with Crippen LogP contribution in [-0.4, -0.2) is 17.7 Å². The van der Waals surface area contributed by atoms with Crippen LogP contribution in [0.5, 0.6) is 0 Å². The lowest BCUT2D eigenvalue weighted by molar-refractivity contribution is -0.113. The molecule has 3 aliphatic rings. The smallest absolute Gasteiger partial charge is 0.234 e. The van der Waals surface area contributed by atoms with Crippen LogP contribution in [0.25, 0.3) is 0 Å². The Kier molecular flexibility index (Phi) is 3.57. The predicted molar refractivity (Wildman–Crippen MR) is 87.9 cm³/mol. The average Bonchev–Trinajstić information content (AvgIpc) is 3.32. The highest BCUT2D eigenvalue weighted by Gasteiger charge is 2.34. The predicted octanol–water partition coefficient (Wildman–Crippen LogP) is 4.11. The minimum absolute atomic E-state index is 0.108. The van der Waals surface area contributed by atoms with Gasteiger partial charge in [0.05, 0.1) is 11.4 Å². The van der Waals surface area contributed by atoms with Gasteiger partial charge in [0.2, 0.25) is 5.91 Å². The van der Waals surface area contributed by atoms with E-state index in [1.54, 1.807) is 11.8 Å². The van der Waals surface area contributed by atoms with Gasteiger partial charge in [0.1, 0.15) is 0 Å². The maximum absolute atomic E-state index is 11.5. The van der Waals surface area contributed by atoms with Gasteiger partial charge in [-0.2, -0.15) is 0 Å². The molecule has 2 aliphatic carbocycles. The number of nitrogens with one attached hydrogen (secondary N) is 2. The summed E-state index contributed by atoms with van der Waals surface area (Å²) in [5.74, 6) is 2.61. The van der Waals surface area contributed by atoms with E-state index in [2.05, 4.69) is 28.8 Å². The van der Waals surface area contributed by atoms with Crippen molar-refractivity contribution in [2.75, 3.05) is 16.4 Å². The quantitative estimate of drug-likeness (QED) is 0.883. The van der Waals surface area contributed by atoms with E-state index in [1.165, 1.54) is 43.4 Å². The molecular weight excluding hydrogens is 280 g/mol. The first-order valence-electron chi connectivity index (χ1n) is 8.11. The summed E-state index contributed by atoms with van der Waals surface area (Å²) in [5.41, 5.74) is 2.12. The van der Waals surface area contributed by atoms with E-state index >= 15 is 0 Å². The highest BCUT2D eigenvalue weighted by molar-refractivity contribution is 8.00. The second-order valence-electron chi connectivity index (χ2n) is 6.65. The maximum atomic E-state index is 11.5. The van der Waals surface area contributed by atoms with E-state index in [0.29, 0.717) is 11.8 Å². The zero-order valence-electron chi connectivity index (χ0n) is 12.2. The molecule has 0 aromatic heterocycles. The number of thioether (sulfide) groups is 1. The Morgan fingerprint density at radius 3 is 2.90 bits per heavy atom. The van der Waals surface area contributed by atoms with E-state index in [4.69, 9.17) is 0 Å². The van der Waals surface area contributed by atoms with Crippen molar-refractivity contribution in [3.8, 4) is 0 Å². The van der Waals surface area contributed by atoms with Gasteiger partial charge < -0.3 is 10.6 Å². The van der Waals surface area contributed by atoms with Crippen LogP contribution >= 0.6 is 11.8 Å². The second kappa shape index (κ2) is 5.56. The third-order valence-corrected chi connectivity index (χ3v) is 6.06. The van der Waals surface area contributed by atoms with Crippen LogP contribution in [0, 0.1) is 11.8 Å². The van der Waals surface area contributed by atoms with Crippen molar-refractivity contribution in [3.63, 3.8) is 0 Å². The van der Waals surface area contributed by atoms with Gasteiger partial charge in [-0.15, -0.1) is 11.8 Å². The number of anilines is 2. The molecule has 2 fully saturated rings. The Bertz CT molecular complexity index is 556. The van der Waals surface area contributed by atoms with Crippen molar-refractivity contribution in [3.05, 3.63) is 18.2 Å². The summed E-state index contributed by atoms with van der Waals surface area (Å²) in [6.45, 7) is 0. The molecule has 1 heterocycles. The van der Waals surface area contributed by atoms with E-state index in [1.807, 2.05) is 0 Å². The highest BCUT2D eigenvalue weighted by Crippen LogP contribution is 2.44. The number of carbonyl (C=O) groups excluding carboxylic acids is 1. The SMILES string of the molecule is O=C1CSc2ccc(NC3CCCC(C4CC4)C3)cc2N1. The molecule has 1 amide bonds. The molecule has 0 saturated heterocycles. The van der Waals surface area contributed by atoms with Crippen molar-refractivity contribution >= 4 is 29.0 Å². The Morgan fingerprint density at radius 2 is 2.05 bits per heavy atom. The maximum Gasteiger partial charge on any atom is 0.234 e. The number of hydrogen-bond donors (Lipinski definition) is 2. The second-order valence-corrected chi connectivity index (χ2v) is 7.67. The average molecular weight is 302 g/mol. The van der Waals surface area contributed by atoms with Gasteiger partial charge >= 0.3 is 0 Å². The zero-order chi connectivity index (χ0) is 14.2. The van der Waals surface area contributed by atoms with Crippen LogP contribution < -0.4 is 10.6 Å². The monoisotopic (exact) mass is 302 g/mol. The molecule has 2 N–H and O–H groups in total. The topological polar surface area (TPSA) is 41.1 Å². The zero-order valence-corrected chi connectivity index (χ0v) is 13.0. The fourth-order valence-corrected chi connectivity index (χ4v) is 4.55. The van der Waals surface area contributed by atoms with Crippen LogP contribution in [0.2, 0.25) is 0 Å². The number of fused-ring (bicyclic) bond motifs is 1. The van der Waals surface area contributed by atoms with E-state index in [9.17, 15) is 4.79 Å². The fraction of sp³-hybridized carbons (Fsp3) is 0.588. The molecule has 4 rings (SSSR count). The summed E-state index contributed by atoms with van der Waals surface area (Å²) in [5, 5.41) is 6.67. The molecule has 21 heavy (non-hydrogen) atoms. The van der Waals surface area contributed by atoms with Gasteiger partial charge in [0.25, 0.3) is 0 Å². The molecule has 2 saturated carbocycles. The number of rotatable bonds is 3. The number of amides is 1. The number of carbonyl (C=O) groups is 1. The van der Waals surface area contributed by atoms with Crippen molar-refractivity contribution in [1.82, 2.24) is 0 Å². The summed E-state index contributed by atoms with van der Waals surface area (Å²) in [6.07, 6.45) is 8.30. The largest absolute Gasteiger partial charge is 0.382 e. The van der Waals surface area contributed by atoms with Gasteiger partial charge in [0.15, 0.2) is 0 Å². The molecule has 1 aromatic rings. The number of hydrogen-bond acceptors (Lipinski definition) is 3. The van der Waals surface area contributed by atoms with Crippen molar-refractivity contribution in [2.24, 2.45) is 11.8 Å². The van der Waals surface area contributed by atoms with Gasteiger partial charge in [-0.25, -0.2) is 0 Å². The van der Waals surface area contributed by atoms with Crippen LogP contribution in [0.3, 0.4) is 0 Å². The molecule has 2 unspecified atom stereocenters. The van der Waals surface area contributed by atoms with Gasteiger partial charge in [-0.3, -0.25) is 4.79 Å². The Morgan fingerprint density at radius 1 is 1.14 bits per heavy atom. The van der Waals surface area contributed by atoms with Crippen LogP contribution in [0.4, 0.5) is 11.4 Å². The van der Waals surface area contributed by atoms with Crippen LogP contribution in [0.1, 0.15) is 38.5 Å². The summed E-state index contributed by atoms with van der Waals surface area (Å²) in [7, 11) is 0. The summed E-state index contributed by atoms with van der Waals surface area (Å²) in [6, 6.07) is 6.99. The summed E-state index contributed by atoms with van der Waals surface area (Å²) < 4.78 is 0. The minimum atomic E-state index is 0.108. The standard InChI is InChI=1S/C17H22N2OS/c20-17-10-21-16-7-6-14(9-15(16)19-17)18-13-3-1-2-12(8-13)11-4-5-11/h6-7,9,11-13,18H,1-5,8,10H2,(H,19,20). The first-order chi connectivity index (χ1) is 10.3. The molecule has 0 spiro atoms. The molecule has 1 aromatic carbocycles. The van der Waals surface area contributed by atoms with Crippen LogP contribution in [0.15, 0.2) is 23.1 Å². The van der Waals surface area contributed by atoms with Crippen molar-refractivity contribution in [2.45, 2.75) is 49.5 Å². The molecular formula is C17H22N2OS. The molecule has 112 valence electrons. The van der Waals surface area contributed by atoms with Crippen molar-refractivity contribution in [1.29, 1.82) is 0 Å². The Hall–Kier alpha value is -1.16. The lowest BCUT2D eigenvalue weighted by Gasteiger charge is -2.31. The van der Waals surface area contributed by atoms with Crippen LogP contribution in [-0.2, 0) is 4.79 Å². The molecule has 3 nitrogen and oxygen atoms in total. The highest BCUT2D eigenvalue weighted by atomic mass is 32.2. The molecule has 0 radical (unpaired) electrons. The van der Waals surface area contributed by atoms with Gasteiger partial charge in [-0.05, 0) is 55.7 Å². The normalized spacial score (nSPS) is 28.7. The van der Waals surface area contributed by atoms with E-state index in [0.717, 1.165) is 23.2 Å². The third-order valence-electron chi connectivity index (χ3n) is 4.99. The Labute approximate surface area is 130 Å². The van der Waals surface area contributed by atoms with Gasteiger partial charge in [0, 0.05) is 16.6 Å². The van der Waals surface area contributed by atoms with Crippen molar-refractivity contribution < 1.29 is 4.79 Å². The third kappa shape index (κ3) is 3.05. The first kappa shape index (κ1) is 13.5. The minimum Gasteiger partial charge on any atom is -0.382 e. The molecule has 4 heteroatoms. The number of benzene rings is 1. The van der Waals surface area contributed by atoms with E-state index in [-0.39, 0.29) is 5.91 Å². The fourth-order valence-electron chi connectivity index (χ4n) is 3.76. The Balaban J connectivity index is 1.44.